The van der Waals surface area contributed by atoms with Crippen molar-refractivity contribution in [1.29, 1.82) is 0 Å². The molecule has 1 aromatic rings. The lowest BCUT2D eigenvalue weighted by Crippen LogP contribution is -2.01. The molecule has 0 spiro atoms. The molecule has 0 amide bonds. The molecule has 0 atom stereocenters. The first-order valence-corrected chi connectivity index (χ1v) is 4.82. The van der Waals surface area contributed by atoms with Gasteiger partial charge in [0.25, 0.3) is 11.7 Å². The largest absolute Gasteiger partial charge is 0.276 e. The van der Waals surface area contributed by atoms with E-state index in [-0.39, 0.29) is 9.63 Å². The Balaban J connectivity index is 3.45. The van der Waals surface area contributed by atoms with Crippen molar-refractivity contribution in [3.63, 3.8) is 0 Å². The number of pyridine rings is 1. The Labute approximate surface area is 96.3 Å². The minimum Gasteiger partial charge on any atom is -0.276 e. The number of rotatable bonds is 2. The van der Waals surface area contributed by atoms with Crippen LogP contribution in [-0.4, -0.2) is 10.2 Å². The maximum Gasteiger partial charge on any atom is 0.266 e. The summed E-state index contributed by atoms with van der Waals surface area (Å²) in [4.78, 5) is 14.4. The molecule has 0 unspecified atom stereocenters. The number of aromatic nitrogens is 1. The van der Waals surface area contributed by atoms with Gasteiger partial charge in [0.05, 0.1) is 10.6 Å². The summed E-state index contributed by atoms with van der Waals surface area (Å²) < 4.78 is 24.9. The van der Waals surface area contributed by atoms with Crippen LogP contribution in [0.3, 0.4) is 0 Å². The Hall–Kier alpha value is -0.260. The predicted octanol–water partition coefficient (Wildman–Crippen LogP) is 3.81. The molecule has 0 aliphatic carbocycles. The number of carbonyl (C=O) groups is 1. The van der Waals surface area contributed by atoms with E-state index >= 15 is 0 Å². The Kier molecular flexibility index (Phi) is 3.80. The highest BCUT2D eigenvalue weighted by atomic mass is 79.9. The Morgan fingerprint density at radius 1 is 1.57 bits per heavy atom. The highest BCUT2D eigenvalue weighted by molar-refractivity contribution is 9.10. The highest BCUT2D eigenvalue weighted by Gasteiger charge is 2.22. The topological polar surface area (TPSA) is 30.0 Å². The first kappa shape index (κ1) is 11.8. The standard InChI is InChI=1S/C7H2BrCl2F2NO/c8-5-4(9)3(6(10)14)2(1-13-5)7(11)12/h1,7H. The fraction of sp³-hybridized carbons (Fsp3) is 0.143. The lowest BCUT2D eigenvalue weighted by Gasteiger charge is -2.07. The average Bonchev–Trinajstić information content (AvgIpc) is 2.08. The van der Waals surface area contributed by atoms with Crippen molar-refractivity contribution in [2.24, 2.45) is 0 Å². The number of carbonyl (C=O) groups excluding carboxylic acids is 1. The summed E-state index contributed by atoms with van der Waals surface area (Å²) in [5.41, 5.74) is -0.983. The van der Waals surface area contributed by atoms with Gasteiger partial charge in [-0.2, -0.15) is 0 Å². The normalized spacial score (nSPS) is 10.7. The van der Waals surface area contributed by atoms with Gasteiger partial charge in [0.1, 0.15) is 4.60 Å². The zero-order valence-electron chi connectivity index (χ0n) is 6.40. The van der Waals surface area contributed by atoms with Crippen molar-refractivity contribution >= 4 is 44.4 Å². The van der Waals surface area contributed by atoms with Crippen LogP contribution in [-0.2, 0) is 0 Å². The van der Waals surface area contributed by atoms with E-state index in [1.807, 2.05) is 0 Å². The van der Waals surface area contributed by atoms with Crippen molar-refractivity contribution in [1.82, 2.24) is 4.98 Å². The average molecular weight is 305 g/mol. The second-order valence-corrected chi connectivity index (χ2v) is 3.74. The minimum atomic E-state index is -2.84. The summed E-state index contributed by atoms with van der Waals surface area (Å²) in [6, 6.07) is 0. The molecule has 76 valence electrons. The summed E-state index contributed by atoms with van der Waals surface area (Å²) in [6.45, 7) is 0. The number of halogens is 5. The van der Waals surface area contributed by atoms with E-state index in [4.69, 9.17) is 23.2 Å². The number of hydrogen-bond acceptors (Lipinski definition) is 2. The fourth-order valence-corrected chi connectivity index (χ4v) is 1.64. The van der Waals surface area contributed by atoms with Crippen molar-refractivity contribution in [3.8, 4) is 0 Å². The third-order valence-electron chi connectivity index (χ3n) is 1.44. The van der Waals surface area contributed by atoms with E-state index in [0.717, 1.165) is 6.20 Å². The molecule has 1 rings (SSSR count). The van der Waals surface area contributed by atoms with Gasteiger partial charge < -0.3 is 0 Å². The van der Waals surface area contributed by atoms with Crippen LogP contribution in [0.5, 0.6) is 0 Å². The SMILES string of the molecule is O=C(Cl)c1c(C(F)F)cnc(Br)c1Cl. The summed E-state index contributed by atoms with van der Waals surface area (Å²) >= 11 is 13.6. The maximum atomic E-state index is 12.4. The van der Waals surface area contributed by atoms with Crippen molar-refractivity contribution in [2.45, 2.75) is 6.43 Å². The van der Waals surface area contributed by atoms with Crippen molar-refractivity contribution in [2.75, 3.05) is 0 Å². The maximum absolute atomic E-state index is 12.4. The Morgan fingerprint density at radius 3 is 2.57 bits per heavy atom. The fourth-order valence-electron chi connectivity index (χ4n) is 0.843. The van der Waals surface area contributed by atoms with Crippen LogP contribution in [0.4, 0.5) is 8.78 Å². The zero-order valence-corrected chi connectivity index (χ0v) is 9.50. The number of hydrogen-bond donors (Lipinski definition) is 0. The Bertz CT molecular complexity index is 386. The molecule has 0 bridgehead atoms. The molecule has 0 radical (unpaired) electrons. The summed E-state index contributed by atoms with van der Waals surface area (Å²) in [6.07, 6.45) is -1.98. The van der Waals surface area contributed by atoms with E-state index in [0.29, 0.717) is 0 Å². The van der Waals surface area contributed by atoms with Gasteiger partial charge in [0.15, 0.2) is 0 Å². The lowest BCUT2D eigenvalue weighted by molar-refractivity contribution is 0.106. The molecule has 1 heterocycles. The highest BCUT2D eigenvalue weighted by Crippen LogP contribution is 2.32. The molecule has 7 heteroatoms. The zero-order chi connectivity index (χ0) is 10.9. The molecule has 2 nitrogen and oxygen atoms in total. The third-order valence-corrected chi connectivity index (χ3v) is 2.82. The predicted molar refractivity (Wildman–Crippen MR) is 52.1 cm³/mol. The molecule has 14 heavy (non-hydrogen) atoms. The lowest BCUT2D eigenvalue weighted by atomic mass is 10.1. The van der Waals surface area contributed by atoms with Crippen LogP contribution < -0.4 is 0 Å². The molecule has 0 aliphatic heterocycles. The second kappa shape index (κ2) is 4.51. The van der Waals surface area contributed by atoms with E-state index in [1.165, 1.54) is 0 Å². The first-order valence-electron chi connectivity index (χ1n) is 3.27. The molecule has 0 aliphatic rings. The third kappa shape index (κ3) is 2.21. The molecule has 0 saturated heterocycles. The van der Waals surface area contributed by atoms with Gasteiger partial charge in [-0.3, -0.25) is 4.79 Å². The molecule has 0 aromatic carbocycles. The van der Waals surface area contributed by atoms with Gasteiger partial charge in [0.2, 0.25) is 0 Å². The minimum absolute atomic E-state index is 0.104. The van der Waals surface area contributed by atoms with E-state index < -0.39 is 22.8 Å². The van der Waals surface area contributed by atoms with Crippen molar-refractivity contribution in [3.05, 3.63) is 26.9 Å². The summed E-state index contributed by atoms with van der Waals surface area (Å²) in [5.74, 6) is 0. The van der Waals surface area contributed by atoms with Gasteiger partial charge >= 0.3 is 0 Å². The number of nitrogens with zero attached hydrogens (tertiary/aromatic N) is 1. The van der Waals surface area contributed by atoms with Gasteiger partial charge in [0, 0.05) is 11.8 Å². The molecule has 0 fully saturated rings. The van der Waals surface area contributed by atoms with Crippen LogP contribution in [0.2, 0.25) is 5.02 Å². The van der Waals surface area contributed by atoms with Crippen LogP contribution in [0.15, 0.2) is 10.8 Å². The monoisotopic (exact) mass is 303 g/mol. The van der Waals surface area contributed by atoms with Crippen LogP contribution in [0, 0.1) is 0 Å². The Morgan fingerprint density at radius 2 is 2.14 bits per heavy atom. The van der Waals surface area contributed by atoms with E-state index in [9.17, 15) is 13.6 Å². The molecular weight excluding hydrogens is 303 g/mol. The van der Waals surface area contributed by atoms with Crippen LogP contribution in [0.1, 0.15) is 22.3 Å². The quantitative estimate of drug-likeness (QED) is 0.614. The van der Waals surface area contributed by atoms with Gasteiger partial charge in [-0.15, -0.1) is 0 Å². The smallest absolute Gasteiger partial charge is 0.266 e. The molecule has 0 saturated carbocycles. The van der Waals surface area contributed by atoms with E-state index in [2.05, 4.69) is 20.9 Å². The number of alkyl halides is 2. The van der Waals surface area contributed by atoms with Crippen LogP contribution in [0.25, 0.3) is 0 Å². The van der Waals surface area contributed by atoms with Crippen molar-refractivity contribution < 1.29 is 13.6 Å². The first-order chi connectivity index (χ1) is 6.45. The van der Waals surface area contributed by atoms with E-state index in [1.54, 1.807) is 0 Å². The summed E-state index contributed by atoms with van der Waals surface area (Å²) in [7, 11) is 0. The summed E-state index contributed by atoms with van der Waals surface area (Å²) in [5, 5.41) is -1.24. The molecular formula is C7H2BrCl2F2NO. The van der Waals surface area contributed by atoms with Gasteiger partial charge in [-0.25, -0.2) is 13.8 Å². The van der Waals surface area contributed by atoms with Gasteiger partial charge in [-0.05, 0) is 27.5 Å². The second-order valence-electron chi connectivity index (χ2n) is 2.27. The van der Waals surface area contributed by atoms with Crippen LogP contribution >= 0.6 is 39.1 Å². The molecule has 0 N–H and O–H groups in total. The van der Waals surface area contributed by atoms with Gasteiger partial charge in [-0.1, -0.05) is 11.6 Å². The molecule has 1 aromatic heterocycles.